The highest BCUT2D eigenvalue weighted by Gasteiger charge is 2.10. The van der Waals surface area contributed by atoms with E-state index in [1.807, 2.05) is 30.3 Å². The van der Waals surface area contributed by atoms with Crippen molar-refractivity contribution in [1.82, 2.24) is 0 Å². The first-order chi connectivity index (χ1) is 11.1. The van der Waals surface area contributed by atoms with E-state index in [1.165, 1.54) is 18.2 Å². The van der Waals surface area contributed by atoms with E-state index in [-0.39, 0.29) is 11.1 Å². The molecule has 3 aromatic rings. The monoisotopic (exact) mass is 314 g/mol. The molecule has 0 aliphatic heterocycles. The summed E-state index contributed by atoms with van der Waals surface area (Å²) in [6.45, 7) is 0.324. The van der Waals surface area contributed by atoms with Gasteiger partial charge in [0.2, 0.25) is 0 Å². The molecule has 23 heavy (non-hydrogen) atoms. The van der Waals surface area contributed by atoms with Crippen molar-refractivity contribution in [3.63, 3.8) is 0 Å². The maximum absolute atomic E-state index is 14.2. The Bertz CT molecular complexity index is 816. The summed E-state index contributed by atoms with van der Waals surface area (Å²) >= 11 is 0. The molecule has 0 spiro atoms. The fourth-order valence-corrected chi connectivity index (χ4v) is 2.22. The molecule has 116 valence electrons. The third-order valence-electron chi connectivity index (χ3n) is 3.42. The summed E-state index contributed by atoms with van der Waals surface area (Å²) in [5, 5.41) is 0. The van der Waals surface area contributed by atoms with E-state index >= 15 is 0 Å². The molecule has 0 aliphatic carbocycles. The topological polar surface area (TPSA) is 9.23 Å². The lowest BCUT2D eigenvalue weighted by Gasteiger charge is -2.09. The smallest absolute Gasteiger partial charge is 0.159 e. The number of hydrogen-bond donors (Lipinski definition) is 0. The molecule has 0 saturated carbocycles. The molecule has 1 nitrogen and oxygen atoms in total. The molecule has 0 amide bonds. The lowest BCUT2D eigenvalue weighted by molar-refractivity contribution is 0.304. The van der Waals surface area contributed by atoms with Gasteiger partial charge in [-0.25, -0.2) is 13.2 Å². The van der Waals surface area contributed by atoms with Crippen LogP contribution in [0.3, 0.4) is 0 Å². The molecule has 0 aromatic heterocycles. The summed E-state index contributed by atoms with van der Waals surface area (Å²) in [6.07, 6.45) is 0. The molecular weight excluding hydrogens is 301 g/mol. The molecule has 3 aromatic carbocycles. The van der Waals surface area contributed by atoms with Crippen LogP contribution in [0.4, 0.5) is 13.2 Å². The van der Waals surface area contributed by atoms with Gasteiger partial charge in [0, 0.05) is 11.6 Å². The van der Waals surface area contributed by atoms with E-state index in [9.17, 15) is 13.2 Å². The molecule has 0 unspecified atom stereocenters. The number of rotatable bonds is 4. The molecule has 3 rings (SSSR count). The molecule has 0 aliphatic rings. The first-order valence-electron chi connectivity index (χ1n) is 7.05. The van der Waals surface area contributed by atoms with E-state index in [2.05, 4.69) is 0 Å². The van der Waals surface area contributed by atoms with Gasteiger partial charge >= 0.3 is 0 Å². The summed E-state index contributed by atoms with van der Waals surface area (Å²) in [7, 11) is 0. The van der Waals surface area contributed by atoms with Crippen LogP contribution in [0.15, 0.2) is 66.7 Å². The van der Waals surface area contributed by atoms with Crippen molar-refractivity contribution in [2.75, 3.05) is 0 Å². The third kappa shape index (κ3) is 3.54. The van der Waals surface area contributed by atoms with Gasteiger partial charge in [-0.2, -0.15) is 0 Å². The Morgan fingerprint density at radius 3 is 2.17 bits per heavy atom. The third-order valence-corrected chi connectivity index (χ3v) is 3.42. The van der Waals surface area contributed by atoms with Crippen molar-refractivity contribution in [3.8, 4) is 16.9 Å². The Morgan fingerprint density at radius 2 is 1.48 bits per heavy atom. The zero-order valence-corrected chi connectivity index (χ0v) is 12.1. The summed E-state index contributed by atoms with van der Waals surface area (Å²) in [6, 6.07) is 17.1. The molecule has 0 fully saturated rings. The second-order valence-corrected chi connectivity index (χ2v) is 5.04. The van der Waals surface area contributed by atoms with Crippen molar-refractivity contribution in [2.45, 2.75) is 6.61 Å². The van der Waals surface area contributed by atoms with Gasteiger partial charge < -0.3 is 4.74 Å². The molecule has 0 atom stereocenters. The first-order valence-corrected chi connectivity index (χ1v) is 7.05. The number of hydrogen-bond acceptors (Lipinski definition) is 1. The number of ether oxygens (including phenoxy) is 1. The van der Waals surface area contributed by atoms with Gasteiger partial charge in [0.05, 0.1) is 0 Å². The lowest BCUT2D eigenvalue weighted by Crippen LogP contribution is -1.96. The predicted molar refractivity (Wildman–Crippen MR) is 82.5 cm³/mol. The van der Waals surface area contributed by atoms with Crippen LogP contribution < -0.4 is 4.74 Å². The second kappa shape index (κ2) is 6.57. The SMILES string of the molecule is Fc1ccc(-c2ccc(OCc3ccccc3)cc2F)cc1F. The van der Waals surface area contributed by atoms with Gasteiger partial charge in [0.1, 0.15) is 18.2 Å². The van der Waals surface area contributed by atoms with E-state index in [0.29, 0.717) is 12.4 Å². The normalized spacial score (nSPS) is 10.6. The predicted octanol–water partition coefficient (Wildman–Crippen LogP) is 5.35. The van der Waals surface area contributed by atoms with Crippen LogP contribution in [0.1, 0.15) is 5.56 Å². The Morgan fingerprint density at radius 1 is 0.696 bits per heavy atom. The minimum absolute atomic E-state index is 0.191. The molecule has 0 heterocycles. The van der Waals surface area contributed by atoms with Crippen LogP contribution in [0.25, 0.3) is 11.1 Å². The summed E-state index contributed by atoms with van der Waals surface area (Å²) in [4.78, 5) is 0. The van der Waals surface area contributed by atoms with E-state index in [4.69, 9.17) is 4.74 Å². The summed E-state index contributed by atoms with van der Waals surface area (Å²) < 4.78 is 45.9. The molecule has 0 radical (unpaired) electrons. The lowest BCUT2D eigenvalue weighted by atomic mass is 10.0. The fraction of sp³-hybridized carbons (Fsp3) is 0.0526. The summed E-state index contributed by atoms with van der Waals surface area (Å²) in [5.41, 5.74) is 1.43. The van der Waals surface area contributed by atoms with Gasteiger partial charge in [-0.1, -0.05) is 36.4 Å². The highest BCUT2D eigenvalue weighted by Crippen LogP contribution is 2.27. The van der Waals surface area contributed by atoms with Gasteiger partial charge in [0.15, 0.2) is 11.6 Å². The molecule has 4 heteroatoms. The van der Waals surface area contributed by atoms with Crippen LogP contribution in [0.5, 0.6) is 5.75 Å². The van der Waals surface area contributed by atoms with Crippen molar-refractivity contribution in [3.05, 3.63) is 89.7 Å². The molecule has 0 N–H and O–H groups in total. The van der Waals surface area contributed by atoms with Gasteiger partial charge in [0.25, 0.3) is 0 Å². The van der Waals surface area contributed by atoms with E-state index < -0.39 is 17.5 Å². The zero-order valence-electron chi connectivity index (χ0n) is 12.1. The van der Waals surface area contributed by atoms with Crippen LogP contribution in [-0.2, 0) is 6.61 Å². The maximum Gasteiger partial charge on any atom is 0.159 e. The average Bonchev–Trinajstić information content (AvgIpc) is 2.57. The van der Waals surface area contributed by atoms with Crippen molar-refractivity contribution in [2.24, 2.45) is 0 Å². The second-order valence-electron chi connectivity index (χ2n) is 5.04. The van der Waals surface area contributed by atoms with Crippen LogP contribution >= 0.6 is 0 Å². The standard InChI is InChI=1S/C19H13F3O/c20-17-9-6-14(10-19(17)22)16-8-7-15(11-18(16)21)23-12-13-4-2-1-3-5-13/h1-11H,12H2. The highest BCUT2D eigenvalue weighted by atomic mass is 19.2. The molecule has 0 saturated heterocycles. The Hall–Kier alpha value is -2.75. The number of benzene rings is 3. The van der Waals surface area contributed by atoms with Gasteiger partial charge in [-0.15, -0.1) is 0 Å². The first kappa shape index (κ1) is 15.2. The maximum atomic E-state index is 14.2. The van der Waals surface area contributed by atoms with Gasteiger partial charge in [-0.3, -0.25) is 0 Å². The average molecular weight is 314 g/mol. The van der Waals surface area contributed by atoms with Crippen molar-refractivity contribution in [1.29, 1.82) is 0 Å². The fourth-order valence-electron chi connectivity index (χ4n) is 2.22. The largest absolute Gasteiger partial charge is 0.489 e. The van der Waals surface area contributed by atoms with Crippen molar-refractivity contribution < 1.29 is 17.9 Å². The summed E-state index contributed by atoms with van der Waals surface area (Å²) in [5.74, 6) is -2.15. The molecular formula is C19H13F3O. The Labute approximate surface area is 132 Å². The van der Waals surface area contributed by atoms with E-state index in [0.717, 1.165) is 17.7 Å². The number of halogens is 3. The Balaban J connectivity index is 1.79. The quantitative estimate of drug-likeness (QED) is 0.631. The minimum Gasteiger partial charge on any atom is -0.489 e. The van der Waals surface area contributed by atoms with Gasteiger partial charge in [-0.05, 0) is 35.4 Å². The Kier molecular flexibility index (Phi) is 4.33. The van der Waals surface area contributed by atoms with Crippen molar-refractivity contribution >= 4 is 0 Å². The van der Waals surface area contributed by atoms with Crippen LogP contribution in [0.2, 0.25) is 0 Å². The minimum atomic E-state index is -1.01. The highest BCUT2D eigenvalue weighted by molar-refractivity contribution is 5.65. The van der Waals surface area contributed by atoms with E-state index in [1.54, 1.807) is 6.07 Å². The molecule has 0 bridgehead atoms. The zero-order chi connectivity index (χ0) is 16.2. The van der Waals surface area contributed by atoms with Crippen LogP contribution in [-0.4, -0.2) is 0 Å². The van der Waals surface area contributed by atoms with Crippen LogP contribution in [0, 0.1) is 17.5 Å².